The third kappa shape index (κ3) is 6.43. The first-order chi connectivity index (χ1) is 22.3. The van der Waals surface area contributed by atoms with Crippen molar-refractivity contribution in [3.63, 3.8) is 0 Å². The summed E-state index contributed by atoms with van der Waals surface area (Å²) in [5.74, 6) is -0.410. The monoisotopic (exact) mass is 632 g/mol. The second-order valence-corrected chi connectivity index (χ2v) is 11.1. The molecule has 8 nitrogen and oxygen atoms in total. The van der Waals surface area contributed by atoms with Crippen LogP contribution in [0.2, 0.25) is 5.02 Å². The topological polar surface area (TPSA) is 94.2 Å². The molecule has 0 aromatic heterocycles. The van der Waals surface area contributed by atoms with E-state index in [-0.39, 0.29) is 22.9 Å². The number of amides is 4. The molecule has 0 bridgehead atoms. The van der Waals surface area contributed by atoms with E-state index in [9.17, 15) is 14.4 Å². The van der Waals surface area contributed by atoms with Crippen molar-refractivity contribution in [1.82, 2.24) is 5.32 Å². The van der Waals surface area contributed by atoms with Crippen LogP contribution in [0.5, 0.6) is 17.2 Å². The Bertz CT molecular complexity index is 1980. The summed E-state index contributed by atoms with van der Waals surface area (Å²) in [7, 11) is 1.47. The lowest BCUT2D eigenvalue weighted by Gasteiger charge is -2.26. The third-order valence-electron chi connectivity index (χ3n) is 7.54. The molecule has 1 aliphatic rings. The van der Waals surface area contributed by atoms with Crippen molar-refractivity contribution < 1.29 is 28.6 Å². The molecule has 6 rings (SSSR count). The molecule has 1 N–H and O–H groups in total. The van der Waals surface area contributed by atoms with E-state index < -0.39 is 17.8 Å². The van der Waals surface area contributed by atoms with E-state index in [1.165, 1.54) is 13.2 Å². The molecule has 1 aliphatic heterocycles. The fraction of sp³-hybridized carbons (Fsp3) is 0.108. The Morgan fingerprint density at radius 1 is 0.826 bits per heavy atom. The average molecular weight is 633 g/mol. The van der Waals surface area contributed by atoms with Crippen molar-refractivity contribution in [3.8, 4) is 17.2 Å². The number of hydrogen-bond acceptors (Lipinski definition) is 6. The van der Waals surface area contributed by atoms with Crippen LogP contribution < -0.4 is 24.4 Å². The van der Waals surface area contributed by atoms with Crippen LogP contribution in [0.1, 0.15) is 22.3 Å². The van der Waals surface area contributed by atoms with Gasteiger partial charge in [0.2, 0.25) is 0 Å². The van der Waals surface area contributed by atoms with Crippen LogP contribution in [-0.2, 0) is 22.8 Å². The quantitative estimate of drug-likeness (QED) is 0.133. The summed E-state index contributed by atoms with van der Waals surface area (Å²) in [4.78, 5) is 40.0. The molecular formula is C37H29ClN2O6. The molecule has 1 saturated heterocycles. The molecule has 5 aromatic carbocycles. The SMILES string of the molecule is COc1cc(/C=C2\C(=O)NC(=O)N(c3ccc(OCc4ccc(C)cc4)cc3)C2=O)cc(Cl)c1OCc1cccc2ccccc12. The highest BCUT2D eigenvalue weighted by atomic mass is 35.5. The van der Waals surface area contributed by atoms with Crippen molar-refractivity contribution in [3.05, 3.63) is 136 Å². The molecule has 0 atom stereocenters. The zero-order chi connectivity index (χ0) is 32.2. The molecule has 1 heterocycles. The minimum atomic E-state index is -0.853. The van der Waals surface area contributed by atoms with E-state index in [1.807, 2.05) is 73.7 Å². The standard InChI is InChI=1S/C37H29ClN2O6/c1-23-10-12-24(13-11-23)21-45-29-16-14-28(15-17-29)40-36(42)31(35(41)39-37(40)43)18-25-19-32(38)34(33(20-25)44-2)46-22-27-8-5-7-26-6-3-4-9-30(26)27/h3-20H,21-22H2,1-2H3,(H,39,41,43)/b31-18+. The lowest BCUT2D eigenvalue weighted by atomic mass is 10.1. The number of benzene rings is 5. The third-order valence-corrected chi connectivity index (χ3v) is 7.82. The van der Waals surface area contributed by atoms with Gasteiger partial charge in [0, 0.05) is 0 Å². The Morgan fingerprint density at radius 3 is 2.33 bits per heavy atom. The fourth-order valence-corrected chi connectivity index (χ4v) is 5.41. The highest BCUT2D eigenvalue weighted by Gasteiger charge is 2.37. The number of nitrogens with one attached hydrogen (secondary N) is 1. The van der Waals surface area contributed by atoms with Gasteiger partial charge in [0.15, 0.2) is 11.5 Å². The first kappa shape index (κ1) is 30.4. The number of ether oxygens (including phenoxy) is 3. The lowest BCUT2D eigenvalue weighted by Crippen LogP contribution is -2.54. The van der Waals surface area contributed by atoms with Gasteiger partial charge in [-0.05, 0) is 76.9 Å². The molecule has 0 spiro atoms. The van der Waals surface area contributed by atoms with Gasteiger partial charge in [0.25, 0.3) is 11.8 Å². The zero-order valence-corrected chi connectivity index (χ0v) is 25.8. The number of carbonyl (C=O) groups is 3. The van der Waals surface area contributed by atoms with Crippen molar-refractivity contribution >= 4 is 52.0 Å². The lowest BCUT2D eigenvalue weighted by molar-refractivity contribution is -0.122. The number of methoxy groups -OCH3 is 1. The Labute approximate surface area is 270 Å². The molecule has 46 heavy (non-hydrogen) atoms. The largest absolute Gasteiger partial charge is 0.493 e. The van der Waals surface area contributed by atoms with Gasteiger partial charge in [-0.25, -0.2) is 9.69 Å². The average Bonchev–Trinajstić information content (AvgIpc) is 3.06. The van der Waals surface area contributed by atoms with E-state index in [0.717, 1.165) is 32.4 Å². The molecule has 1 fully saturated rings. The minimum absolute atomic E-state index is 0.226. The predicted octanol–water partition coefficient (Wildman–Crippen LogP) is 7.63. The molecular weight excluding hydrogens is 604 g/mol. The van der Waals surface area contributed by atoms with Gasteiger partial charge in [-0.15, -0.1) is 0 Å². The highest BCUT2D eigenvalue weighted by Crippen LogP contribution is 2.38. The number of rotatable bonds is 9. The van der Waals surface area contributed by atoms with Gasteiger partial charge in [-0.3, -0.25) is 14.9 Å². The van der Waals surface area contributed by atoms with Crippen LogP contribution in [0.15, 0.2) is 109 Å². The summed E-state index contributed by atoms with van der Waals surface area (Å²) in [5, 5.41) is 4.62. The Morgan fingerprint density at radius 2 is 1.57 bits per heavy atom. The number of hydrogen-bond donors (Lipinski definition) is 1. The van der Waals surface area contributed by atoms with Gasteiger partial charge < -0.3 is 14.2 Å². The molecule has 230 valence electrons. The van der Waals surface area contributed by atoms with Gasteiger partial charge in [0.1, 0.15) is 24.5 Å². The number of carbonyl (C=O) groups excluding carboxylic acids is 3. The second-order valence-electron chi connectivity index (χ2n) is 10.7. The van der Waals surface area contributed by atoms with Crippen LogP contribution >= 0.6 is 11.6 Å². The summed E-state index contributed by atoms with van der Waals surface area (Å²) in [5.41, 5.74) is 3.58. The van der Waals surface area contributed by atoms with Crippen LogP contribution in [0.25, 0.3) is 16.8 Å². The summed E-state index contributed by atoms with van der Waals surface area (Å²) in [6.45, 7) is 2.62. The maximum atomic E-state index is 13.5. The first-order valence-corrected chi connectivity index (χ1v) is 14.9. The Balaban J connectivity index is 1.20. The van der Waals surface area contributed by atoms with Crippen molar-refractivity contribution in [1.29, 1.82) is 0 Å². The fourth-order valence-electron chi connectivity index (χ4n) is 5.13. The number of fused-ring (bicyclic) bond motifs is 1. The Kier molecular flexibility index (Phi) is 8.72. The van der Waals surface area contributed by atoms with Crippen molar-refractivity contribution in [2.75, 3.05) is 12.0 Å². The molecule has 4 amide bonds. The molecule has 0 radical (unpaired) electrons. The van der Waals surface area contributed by atoms with Crippen molar-refractivity contribution in [2.45, 2.75) is 20.1 Å². The van der Waals surface area contributed by atoms with Crippen molar-refractivity contribution in [2.24, 2.45) is 0 Å². The normalized spacial score (nSPS) is 14.0. The summed E-state index contributed by atoms with van der Waals surface area (Å²) in [6, 6.07) is 30.8. The maximum absolute atomic E-state index is 13.5. The molecule has 0 unspecified atom stereocenters. The van der Waals surface area contributed by atoms with Gasteiger partial charge in [-0.1, -0.05) is 83.9 Å². The number of halogens is 1. The zero-order valence-electron chi connectivity index (χ0n) is 25.1. The van der Waals surface area contributed by atoms with E-state index >= 15 is 0 Å². The molecule has 5 aromatic rings. The minimum Gasteiger partial charge on any atom is -0.493 e. The van der Waals surface area contributed by atoms with Gasteiger partial charge in [0.05, 0.1) is 17.8 Å². The van der Waals surface area contributed by atoms with Crippen LogP contribution in [0, 0.1) is 6.92 Å². The van der Waals surface area contributed by atoms with Gasteiger partial charge >= 0.3 is 6.03 Å². The van der Waals surface area contributed by atoms with E-state index in [4.69, 9.17) is 25.8 Å². The highest BCUT2D eigenvalue weighted by molar-refractivity contribution is 6.39. The van der Waals surface area contributed by atoms with Crippen LogP contribution in [0.3, 0.4) is 0 Å². The van der Waals surface area contributed by atoms with E-state index in [0.29, 0.717) is 29.4 Å². The summed E-state index contributed by atoms with van der Waals surface area (Å²) >= 11 is 6.63. The summed E-state index contributed by atoms with van der Waals surface area (Å²) < 4.78 is 17.5. The number of anilines is 1. The number of aryl methyl sites for hydroxylation is 1. The van der Waals surface area contributed by atoms with Crippen LogP contribution in [-0.4, -0.2) is 25.0 Å². The van der Waals surface area contributed by atoms with E-state index in [1.54, 1.807) is 36.4 Å². The van der Waals surface area contributed by atoms with Crippen LogP contribution in [0.4, 0.5) is 10.5 Å². The van der Waals surface area contributed by atoms with Gasteiger partial charge in [-0.2, -0.15) is 0 Å². The summed E-state index contributed by atoms with van der Waals surface area (Å²) in [6.07, 6.45) is 1.36. The number of imide groups is 2. The molecule has 0 saturated carbocycles. The Hall–Kier alpha value is -5.60. The second kappa shape index (κ2) is 13.2. The number of nitrogens with zero attached hydrogens (tertiary/aromatic N) is 1. The number of urea groups is 1. The molecule has 0 aliphatic carbocycles. The maximum Gasteiger partial charge on any atom is 0.335 e. The predicted molar refractivity (Wildman–Crippen MR) is 177 cm³/mol. The molecule has 9 heteroatoms. The van der Waals surface area contributed by atoms with E-state index in [2.05, 4.69) is 5.32 Å². The first-order valence-electron chi connectivity index (χ1n) is 14.5. The smallest absolute Gasteiger partial charge is 0.335 e. The number of barbiturate groups is 1.